The van der Waals surface area contributed by atoms with E-state index in [2.05, 4.69) is 10.6 Å². The number of urea groups is 1. The minimum Gasteiger partial charge on any atom is -0.379 e. The van der Waals surface area contributed by atoms with Gasteiger partial charge in [-0.05, 0) is 48.6 Å². The molecule has 2 N–H and O–H groups in total. The fourth-order valence-electron chi connectivity index (χ4n) is 4.90. The molecular weight excluding hydrogens is 472 g/mol. The highest BCUT2D eigenvalue weighted by Crippen LogP contribution is 2.41. The quantitative estimate of drug-likeness (QED) is 0.600. The smallest absolute Gasteiger partial charge is 0.325 e. The van der Waals surface area contributed by atoms with E-state index in [1.807, 2.05) is 24.3 Å². The summed E-state index contributed by atoms with van der Waals surface area (Å²) in [4.78, 5) is 39.8. The van der Waals surface area contributed by atoms with Crippen molar-refractivity contribution in [2.24, 2.45) is 0 Å². The first kappa shape index (κ1) is 23.5. The molecule has 0 unspecified atom stereocenters. The van der Waals surface area contributed by atoms with Crippen LogP contribution in [0.2, 0.25) is 0 Å². The van der Waals surface area contributed by atoms with Crippen LogP contribution in [0, 0.1) is 6.92 Å². The van der Waals surface area contributed by atoms with Crippen molar-refractivity contribution in [3.63, 3.8) is 0 Å². The van der Waals surface area contributed by atoms with Crippen molar-refractivity contribution in [3.8, 4) is 0 Å². The number of amides is 4. The van der Waals surface area contributed by atoms with Gasteiger partial charge < -0.3 is 15.4 Å². The Labute approximate surface area is 203 Å². The van der Waals surface area contributed by atoms with E-state index in [0.717, 1.165) is 16.0 Å². The van der Waals surface area contributed by atoms with Crippen molar-refractivity contribution in [1.82, 2.24) is 14.5 Å². The number of aryl methyl sites for hydroxylation is 2. The lowest BCUT2D eigenvalue weighted by atomic mass is 9.92. The molecule has 1 aliphatic carbocycles. The summed E-state index contributed by atoms with van der Waals surface area (Å²) >= 11 is 0. The van der Waals surface area contributed by atoms with Crippen LogP contribution in [0.1, 0.15) is 23.1 Å². The molecule has 0 aromatic heterocycles. The van der Waals surface area contributed by atoms with Gasteiger partial charge >= 0.3 is 6.03 Å². The van der Waals surface area contributed by atoms with Gasteiger partial charge in [-0.1, -0.05) is 30.3 Å². The molecule has 3 aliphatic rings. The second kappa shape index (κ2) is 8.74. The first-order valence-electron chi connectivity index (χ1n) is 11.4. The zero-order valence-corrected chi connectivity index (χ0v) is 20.1. The van der Waals surface area contributed by atoms with E-state index in [4.69, 9.17) is 4.74 Å². The Morgan fingerprint density at radius 3 is 2.66 bits per heavy atom. The molecule has 0 saturated carbocycles. The Morgan fingerprint density at radius 2 is 1.89 bits per heavy atom. The summed E-state index contributed by atoms with van der Waals surface area (Å²) in [5.41, 5.74) is 1.57. The molecule has 1 spiro atoms. The number of nitrogens with zero attached hydrogens (tertiary/aromatic N) is 2. The molecule has 2 fully saturated rings. The third-order valence-electron chi connectivity index (χ3n) is 6.81. The molecule has 35 heavy (non-hydrogen) atoms. The van der Waals surface area contributed by atoms with Gasteiger partial charge in [0.25, 0.3) is 5.91 Å². The van der Waals surface area contributed by atoms with Crippen molar-refractivity contribution < 1.29 is 27.5 Å². The molecule has 0 radical (unpaired) electrons. The average molecular weight is 499 g/mol. The lowest BCUT2D eigenvalue weighted by Gasteiger charge is -2.26. The number of rotatable bonds is 5. The maximum atomic E-state index is 13.3. The first-order chi connectivity index (χ1) is 16.7. The summed E-state index contributed by atoms with van der Waals surface area (Å²) in [7, 11) is -3.75. The van der Waals surface area contributed by atoms with Crippen molar-refractivity contribution >= 4 is 33.6 Å². The van der Waals surface area contributed by atoms with Gasteiger partial charge in [0.05, 0.1) is 18.1 Å². The summed E-state index contributed by atoms with van der Waals surface area (Å²) in [6.07, 6.45) is 1.10. The van der Waals surface area contributed by atoms with E-state index in [1.54, 1.807) is 13.0 Å². The molecule has 10 nitrogen and oxygen atoms in total. The van der Waals surface area contributed by atoms with Crippen molar-refractivity contribution in [2.75, 3.05) is 38.2 Å². The third kappa shape index (κ3) is 3.99. The van der Waals surface area contributed by atoms with Crippen molar-refractivity contribution in [3.05, 3.63) is 59.2 Å². The predicted molar refractivity (Wildman–Crippen MR) is 126 cm³/mol. The topological polar surface area (TPSA) is 125 Å². The monoisotopic (exact) mass is 498 g/mol. The molecule has 4 amide bonds. The second-order valence-electron chi connectivity index (χ2n) is 8.93. The van der Waals surface area contributed by atoms with E-state index in [0.29, 0.717) is 37.3 Å². The maximum absolute atomic E-state index is 13.3. The van der Waals surface area contributed by atoms with Crippen LogP contribution in [0.25, 0.3) is 0 Å². The molecule has 1 atom stereocenters. The number of anilines is 1. The Morgan fingerprint density at radius 1 is 1.14 bits per heavy atom. The van der Waals surface area contributed by atoms with Crippen LogP contribution >= 0.6 is 0 Å². The van der Waals surface area contributed by atoms with Crippen LogP contribution in [0.15, 0.2) is 47.4 Å². The summed E-state index contributed by atoms with van der Waals surface area (Å²) in [5, 5.41) is 5.46. The summed E-state index contributed by atoms with van der Waals surface area (Å²) < 4.78 is 32.6. The van der Waals surface area contributed by atoms with Crippen LogP contribution < -0.4 is 10.6 Å². The zero-order valence-electron chi connectivity index (χ0n) is 19.2. The molecule has 5 rings (SSSR count). The molecule has 2 aromatic carbocycles. The number of imide groups is 1. The van der Waals surface area contributed by atoms with Crippen LogP contribution in [0.3, 0.4) is 0 Å². The van der Waals surface area contributed by atoms with Gasteiger partial charge in [-0.2, -0.15) is 4.31 Å². The Kier molecular flexibility index (Phi) is 5.86. The number of benzene rings is 2. The van der Waals surface area contributed by atoms with E-state index in [1.165, 1.54) is 16.4 Å². The average Bonchev–Trinajstić information content (AvgIpc) is 3.34. The standard InChI is InChI=1S/C24H26N4O6S/c1-16-6-7-18(35(32,33)27-10-12-34-13-11-27)14-20(16)25-21(29)15-28-22(30)24(26-23(28)31)9-8-17-4-2-3-5-19(17)24/h2-7,14H,8-13,15H2,1H3,(H,25,29)(H,26,31)/t24-/m1/s1. The first-order valence-corrected chi connectivity index (χ1v) is 12.9. The van der Waals surface area contributed by atoms with Gasteiger partial charge in [0, 0.05) is 18.8 Å². The van der Waals surface area contributed by atoms with Crippen LogP contribution in [0.5, 0.6) is 0 Å². The Balaban J connectivity index is 1.32. The largest absolute Gasteiger partial charge is 0.379 e. The number of carbonyl (C=O) groups is 3. The lowest BCUT2D eigenvalue weighted by molar-refractivity contribution is -0.134. The lowest BCUT2D eigenvalue weighted by Crippen LogP contribution is -2.43. The highest BCUT2D eigenvalue weighted by Gasteiger charge is 2.55. The van der Waals surface area contributed by atoms with E-state index in [-0.39, 0.29) is 18.0 Å². The molecule has 2 saturated heterocycles. The SMILES string of the molecule is Cc1ccc(S(=O)(=O)N2CCOCC2)cc1NC(=O)CN1C(=O)N[C@@]2(CCc3ccccc32)C1=O. The Bertz CT molecular complexity index is 1320. The van der Waals surface area contributed by atoms with E-state index >= 15 is 0 Å². The number of hydrogen-bond donors (Lipinski definition) is 2. The molecule has 11 heteroatoms. The van der Waals surface area contributed by atoms with Gasteiger partial charge in [-0.15, -0.1) is 0 Å². The van der Waals surface area contributed by atoms with Crippen LogP contribution in [-0.2, 0) is 36.3 Å². The minimum atomic E-state index is -3.75. The molecule has 2 aromatic rings. The van der Waals surface area contributed by atoms with Gasteiger partial charge in [0.15, 0.2) is 0 Å². The van der Waals surface area contributed by atoms with Gasteiger partial charge in [-0.3, -0.25) is 14.5 Å². The summed E-state index contributed by atoms with van der Waals surface area (Å²) in [6, 6.07) is 11.4. The number of morpholine rings is 1. The maximum Gasteiger partial charge on any atom is 0.325 e. The zero-order chi connectivity index (χ0) is 24.8. The van der Waals surface area contributed by atoms with E-state index in [9.17, 15) is 22.8 Å². The van der Waals surface area contributed by atoms with Crippen molar-refractivity contribution in [2.45, 2.75) is 30.2 Å². The number of sulfonamides is 1. The highest BCUT2D eigenvalue weighted by molar-refractivity contribution is 7.89. The highest BCUT2D eigenvalue weighted by atomic mass is 32.2. The summed E-state index contributed by atoms with van der Waals surface area (Å²) in [5.74, 6) is -1.05. The number of ether oxygens (including phenoxy) is 1. The fourth-order valence-corrected chi connectivity index (χ4v) is 6.33. The van der Waals surface area contributed by atoms with Crippen molar-refractivity contribution in [1.29, 1.82) is 0 Å². The molecule has 184 valence electrons. The number of carbonyl (C=O) groups excluding carboxylic acids is 3. The third-order valence-corrected chi connectivity index (χ3v) is 8.71. The van der Waals surface area contributed by atoms with E-state index < -0.39 is 40.0 Å². The number of hydrogen-bond acceptors (Lipinski definition) is 6. The second-order valence-corrected chi connectivity index (χ2v) is 10.9. The Hall–Kier alpha value is -3.28. The minimum absolute atomic E-state index is 0.0526. The van der Waals surface area contributed by atoms with Crippen LogP contribution in [0.4, 0.5) is 10.5 Å². The molecule has 0 bridgehead atoms. The summed E-state index contributed by atoms with van der Waals surface area (Å²) in [6.45, 7) is 2.43. The van der Waals surface area contributed by atoms with Gasteiger partial charge in [-0.25, -0.2) is 13.2 Å². The van der Waals surface area contributed by atoms with Gasteiger partial charge in [0.2, 0.25) is 15.9 Å². The fraction of sp³-hybridized carbons (Fsp3) is 0.375. The normalized spacial score (nSPS) is 22.4. The predicted octanol–water partition coefficient (Wildman–Crippen LogP) is 1.35. The van der Waals surface area contributed by atoms with Crippen LogP contribution in [-0.4, -0.2) is 68.3 Å². The molecule has 2 heterocycles. The van der Waals surface area contributed by atoms with Gasteiger partial charge in [0.1, 0.15) is 12.1 Å². The number of nitrogens with one attached hydrogen (secondary N) is 2. The molecular formula is C24H26N4O6S. The number of fused-ring (bicyclic) bond motifs is 2. The molecule has 2 aliphatic heterocycles.